The SMILES string of the molecule is CSc1sc(C(=N)N)cc1S(=O)(=O)c1cccc(-c2c(C)cccc2NC(=O)NCCc2c[nH]c3ccccc23)c1.O=C(O)C(F)(F)F. The average Bonchev–Trinajstić information content (AvgIpc) is 3.67. The van der Waals surface area contributed by atoms with E-state index < -0.39 is 22.0 Å². The molecule has 2 heterocycles. The maximum Gasteiger partial charge on any atom is 0.490 e. The molecule has 0 fully saturated rings. The van der Waals surface area contributed by atoms with Gasteiger partial charge in [-0.15, -0.1) is 23.1 Å². The number of carboxylic acid groups (broad SMARTS) is 1. The van der Waals surface area contributed by atoms with Crippen molar-refractivity contribution in [3.8, 4) is 11.1 Å². The van der Waals surface area contributed by atoms with E-state index in [1.165, 1.54) is 29.2 Å². The summed E-state index contributed by atoms with van der Waals surface area (Å²) >= 11 is 2.49. The summed E-state index contributed by atoms with van der Waals surface area (Å²) in [6.07, 6.45) is -0.658. The van der Waals surface area contributed by atoms with Crippen LogP contribution in [0.2, 0.25) is 0 Å². The Morgan fingerprint density at radius 3 is 2.42 bits per heavy atom. The molecule has 3 aromatic carbocycles. The van der Waals surface area contributed by atoms with Gasteiger partial charge in [0.05, 0.1) is 24.6 Å². The van der Waals surface area contributed by atoms with Gasteiger partial charge in [-0.05, 0) is 66.6 Å². The molecule has 0 atom stereocenters. The topological polar surface area (TPSA) is 178 Å². The Kier molecular flexibility index (Phi) is 11.2. The fourth-order valence-electron chi connectivity index (χ4n) is 4.74. The summed E-state index contributed by atoms with van der Waals surface area (Å²) in [6.45, 7) is 2.36. The monoisotopic (exact) mass is 717 g/mol. The van der Waals surface area contributed by atoms with Gasteiger partial charge < -0.3 is 26.5 Å². The molecule has 0 aliphatic heterocycles. The molecule has 16 heteroatoms. The Bertz CT molecular complexity index is 2090. The van der Waals surface area contributed by atoms with Crippen molar-refractivity contribution in [1.82, 2.24) is 10.3 Å². The highest BCUT2D eigenvalue weighted by Crippen LogP contribution is 2.39. The number of aromatic amines is 1. The number of hydrogen-bond acceptors (Lipinski definition) is 7. The minimum absolute atomic E-state index is 0.121. The molecule has 0 unspecified atom stereocenters. The number of amidine groups is 1. The van der Waals surface area contributed by atoms with Crippen LogP contribution in [-0.4, -0.2) is 55.3 Å². The first-order valence-electron chi connectivity index (χ1n) is 14.0. The van der Waals surface area contributed by atoms with E-state index in [0.29, 0.717) is 33.3 Å². The van der Waals surface area contributed by atoms with Crippen LogP contribution in [0.4, 0.5) is 23.7 Å². The van der Waals surface area contributed by atoms with Crippen molar-refractivity contribution in [2.75, 3.05) is 18.1 Å². The van der Waals surface area contributed by atoms with Gasteiger partial charge in [-0.2, -0.15) is 13.2 Å². The highest BCUT2D eigenvalue weighted by molar-refractivity contribution is 8.01. The fraction of sp³-hybridized carbons (Fsp3) is 0.156. The molecule has 0 spiro atoms. The summed E-state index contributed by atoms with van der Waals surface area (Å²) in [7, 11) is -3.89. The first-order valence-corrected chi connectivity index (χ1v) is 17.5. The van der Waals surface area contributed by atoms with E-state index in [1.54, 1.807) is 30.5 Å². The Labute approximate surface area is 282 Å². The maximum atomic E-state index is 13.7. The van der Waals surface area contributed by atoms with Gasteiger partial charge in [0.15, 0.2) is 0 Å². The summed E-state index contributed by atoms with van der Waals surface area (Å²) < 4.78 is 59.7. The van der Waals surface area contributed by atoms with E-state index in [-0.39, 0.29) is 21.7 Å². The number of halogens is 3. The lowest BCUT2D eigenvalue weighted by Crippen LogP contribution is -2.30. The van der Waals surface area contributed by atoms with Gasteiger partial charge >= 0.3 is 18.2 Å². The Balaban J connectivity index is 0.000000671. The smallest absolute Gasteiger partial charge is 0.475 e. The van der Waals surface area contributed by atoms with Gasteiger partial charge in [0.1, 0.15) is 5.84 Å². The number of rotatable bonds is 9. The van der Waals surface area contributed by atoms with Crippen molar-refractivity contribution in [3.63, 3.8) is 0 Å². The lowest BCUT2D eigenvalue weighted by molar-refractivity contribution is -0.192. The van der Waals surface area contributed by atoms with Crippen molar-refractivity contribution >= 4 is 67.4 Å². The number of para-hydroxylation sites is 1. The van der Waals surface area contributed by atoms with Gasteiger partial charge in [0.2, 0.25) is 9.84 Å². The summed E-state index contributed by atoms with van der Waals surface area (Å²) in [5, 5.41) is 21.9. The lowest BCUT2D eigenvalue weighted by Gasteiger charge is -2.16. The van der Waals surface area contributed by atoms with Crippen molar-refractivity contribution in [2.24, 2.45) is 5.73 Å². The molecule has 0 saturated heterocycles. The standard InChI is InChI=1S/C30H29N5O3S3.C2HF3O2/c1-18-7-5-12-24(35-30(36)33-14-13-20-17-34-23-11-4-3-10-22(20)23)27(18)19-8-6-9-21(15-19)41(37,38)26-16-25(28(31)32)40-29(26)39-2;3-2(4,5)1(6)7/h3-12,15-17,34H,13-14H2,1-2H3,(H3,31,32)(H2,33,35,36);(H,6,7). The van der Waals surface area contributed by atoms with E-state index in [1.807, 2.05) is 49.5 Å². The molecule has 7 N–H and O–H groups in total. The van der Waals surface area contributed by atoms with Gasteiger partial charge in [-0.3, -0.25) is 5.41 Å². The van der Waals surface area contributed by atoms with Crippen molar-refractivity contribution in [2.45, 2.75) is 33.5 Å². The molecule has 48 heavy (non-hydrogen) atoms. The molecule has 0 saturated carbocycles. The van der Waals surface area contributed by atoms with Crippen LogP contribution >= 0.6 is 23.1 Å². The number of aliphatic carboxylic acids is 1. The Morgan fingerprint density at radius 1 is 1.06 bits per heavy atom. The summed E-state index contributed by atoms with van der Waals surface area (Å²) in [5.74, 6) is -2.93. The first kappa shape index (κ1) is 36.0. The number of nitrogens with one attached hydrogen (secondary N) is 4. The number of benzene rings is 3. The number of aryl methyl sites for hydroxylation is 1. The van der Waals surface area contributed by atoms with Crippen LogP contribution in [0.5, 0.6) is 0 Å². The zero-order chi connectivity index (χ0) is 35.2. The number of nitrogens with two attached hydrogens (primary N) is 1. The molecule has 0 radical (unpaired) electrons. The van der Waals surface area contributed by atoms with Crippen molar-refractivity contribution < 1.29 is 36.3 Å². The molecule has 252 valence electrons. The molecule has 10 nitrogen and oxygen atoms in total. The number of fused-ring (bicyclic) bond motifs is 1. The largest absolute Gasteiger partial charge is 0.490 e. The molecule has 5 aromatic rings. The van der Waals surface area contributed by atoms with Gasteiger partial charge in [-0.25, -0.2) is 18.0 Å². The van der Waals surface area contributed by atoms with Crippen LogP contribution in [0.15, 0.2) is 93.0 Å². The number of anilines is 1. The number of nitrogen functional groups attached to an aromatic ring is 1. The number of thioether (sulfide) groups is 1. The molecule has 0 aliphatic rings. The third-order valence-electron chi connectivity index (χ3n) is 6.96. The second kappa shape index (κ2) is 15.0. The van der Waals surface area contributed by atoms with Crippen LogP contribution in [0.25, 0.3) is 22.0 Å². The number of carboxylic acids is 1. The highest BCUT2D eigenvalue weighted by atomic mass is 32.2. The predicted molar refractivity (Wildman–Crippen MR) is 182 cm³/mol. The van der Waals surface area contributed by atoms with Gasteiger partial charge in [-0.1, -0.05) is 42.5 Å². The number of carbonyl (C=O) groups is 2. The summed E-state index contributed by atoms with van der Waals surface area (Å²) in [4.78, 5) is 25.7. The van der Waals surface area contributed by atoms with Crippen LogP contribution in [0, 0.1) is 12.3 Å². The van der Waals surface area contributed by atoms with Crippen molar-refractivity contribution in [1.29, 1.82) is 5.41 Å². The number of carbonyl (C=O) groups excluding carboxylic acids is 1. The molecular weight excluding hydrogens is 688 g/mol. The average molecular weight is 718 g/mol. The summed E-state index contributed by atoms with van der Waals surface area (Å²) in [5.41, 5.74) is 10.7. The number of urea groups is 1. The van der Waals surface area contributed by atoms with E-state index in [0.717, 1.165) is 27.6 Å². The number of amides is 2. The maximum absolute atomic E-state index is 13.7. The second-order valence-electron chi connectivity index (χ2n) is 10.2. The molecular formula is C32H30F3N5O5S3. The number of hydrogen-bond donors (Lipinski definition) is 6. The number of H-pyrrole nitrogens is 1. The van der Waals surface area contributed by atoms with E-state index in [2.05, 4.69) is 21.7 Å². The number of thiophene rings is 1. The zero-order valence-electron chi connectivity index (χ0n) is 25.4. The molecule has 5 rings (SSSR count). The fourth-order valence-corrected chi connectivity index (χ4v) is 8.64. The minimum atomic E-state index is -5.08. The lowest BCUT2D eigenvalue weighted by atomic mass is 9.98. The van der Waals surface area contributed by atoms with Crippen LogP contribution in [-0.2, 0) is 21.1 Å². The van der Waals surface area contributed by atoms with Crippen LogP contribution in [0.1, 0.15) is 16.0 Å². The third-order valence-corrected chi connectivity index (χ3v) is 11.3. The van der Waals surface area contributed by atoms with Crippen LogP contribution < -0.4 is 16.4 Å². The van der Waals surface area contributed by atoms with Gasteiger partial charge in [0.25, 0.3) is 0 Å². The van der Waals surface area contributed by atoms with Crippen LogP contribution in [0.3, 0.4) is 0 Å². The van der Waals surface area contributed by atoms with Crippen molar-refractivity contribution in [3.05, 3.63) is 95.0 Å². The highest BCUT2D eigenvalue weighted by Gasteiger charge is 2.38. The van der Waals surface area contributed by atoms with E-state index in [4.69, 9.17) is 21.0 Å². The number of aromatic nitrogens is 1. The molecule has 0 bridgehead atoms. The molecule has 2 amide bonds. The predicted octanol–water partition coefficient (Wildman–Crippen LogP) is 7.04. The van der Waals surface area contributed by atoms with E-state index >= 15 is 0 Å². The third kappa shape index (κ3) is 8.37. The Morgan fingerprint density at radius 2 is 1.75 bits per heavy atom. The second-order valence-corrected chi connectivity index (χ2v) is 14.2. The quantitative estimate of drug-likeness (QED) is 0.0538. The molecule has 2 aromatic heterocycles. The van der Waals surface area contributed by atoms with E-state index in [9.17, 15) is 26.4 Å². The Hall–Kier alpha value is -4.80. The number of alkyl halides is 3. The zero-order valence-corrected chi connectivity index (χ0v) is 27.9. The number of sulfone groups is 1. The van der Waals surface area contributed by atoms with Gasteiger partial charge in [0, 0.05) is 29.2 Å². The molecule has 0 aliphatic carbocycles. The minimum Gasteiger partial charge on any atom is -0.475 e. The summed E-state index contributed by atoms with van der Waals surface area (Å²) in [6, 6.07) is 21.4. The normalized spacial score (nSPS) is 11.4. The first-order chi connectivity index (χ1) is 22.6.